The number of nitrogens with one attached hydrogen (secondary N) is 1. The molecule has 1 heterocycles. The molecule has 0 amide bonds. The highest BCUT2D eigenvalue weighted by Gasteiger charge is 2.07. The van der Waals surface area contributed by atoms with Crippen molar-refractivity contribution in [2.45, 2.75) is 45.7 Å². The minimum atomic E-state index is 0.400. The van der Waals surface area contributed by atoms with Crippen molar-refractivity contribution in [1.29, 1.82) is 0 Å². The third-order valence-corrected chi connectivity index (χ3v) is 4.47. The van der Waals surface area contributed by atoms with Crippen molar-refractivity contribution in [3.63, 3.8) is 0 Å². The van der Waals surface area contributed by atoms with E-state index in [1.165, 1.54) is 24.9 Å². The normalized spacial score (nSPS) is 13.5. The van der Waals surface area contributed by atoms with E-state index in [2.05, 4.69) is 49.5 Å². The van der Waals surface area contributed by atoms with E-state index in [1.54, 1.807) is 11.3 Å². The summed E-state index contributed by atoms with van der Waals surface area (Å²) in [7, 11) is 2.19. The lowest BCUT2D eigenvalue weighted by atomic mass is 10.2. The molecule has 1 atom stereocenters. The molecule has 1 aromatic heterocycles. The minimum absolute atomic E-state index is 0.400. The van der Waals surface area contributed by atoms with Crippen molar-refractivity contribution < 1.29 is 0 Å². The van der Waals surface area contributed by atoms with Gasteiger partial charge in [0.15, 0.2) is 0 Å². The number of hydrogen-bond donors (Lipinski definition) is 1. The first-order chi connectivity index (χ1) is 8.50. The maximum Gasteiger partial charge on any atom is 0.0931 e. The van der Waals surface area contributed by atoms with Crippen LogP contribution < -0.4 is 5.32 Å². The van der Waals surface area contributed by atoms with Gasteiger partial charge in [0.2, 0.25) is 0 Å². The van der Waals surface area contributed by atoms with Gasteiger partial charge >= 0.3 is 0 Å². The van der Waals surface area contributed by atoms with E-state index in [1.807, 2.05) is 0 Å². The molecule has 104 valence electrons. The zero-order valence-electron chi connectivity index (χ0n) is 11.9. The smallest absolute Gasteiger partial charge is 0.0931 e. The van der Waals surface area contributed by atoms with Crippen LogP contribution in [0.25, 0.3) is 0 Å². The number of rotatable bonds is 8. The average molecular weight is 289 g/mol. The highest BCUT2D eigenvalue weighted by molar-refractivity contribution is 7.14. The van der Waals surface area contributed by atoms with Gasteiger partial charge in [0.25, 0.3) is 0 Å². The molecule has 0 fully saturated rings. The van der Waals surface area contributed by atoms with Gasteiger partial charge in [-0.1, -0.05) is 11.6 Å². The van der Waals surface area contributed by atoms with Crippen molar-refractivity contribution in [3.05, 3.63) is 21.3 Å². The third kappa shape index (κ3) is 5.70. The van der Waals surface area contributed by atoms with Crippen molar-refractivity contribution in [3.8, 4) is 0 Å². The van der Waals surface area contributed by atoms with Crippen LogP contribution in [0, 0.1) is 0 Å². The third-order valence-electron chi connectivity index (χ3n) is 3.36. The standard InChI is InChI=1S/C14H25ClN2S/c1-11(2)17(4)8-6-5-7-16-12(3)13-9-14(15)18-10-13/h9-12,16H,5-8H2,1-4H3. The van der Waals surface area contributed by atoms with Crippen LogP contribution in [0.3, 0.4) is 0 Å². The van der Waals surface area contributed by atoms with Gasteiger partial charge in [0, 0.05) is 12.1 Å². The summed E-state index contributed by atoms with van der Waals surface area (Å²) >= 11 is 7.54. The van der Waals surface area contributed by atoms with E-state index in [0.29, 0.717) is 12.1 Å². The first-order valence-electron chi connectivity index (χ1n) is 6.68. The molecule has 0 radical (unpaired) electrons. The van der Waals surface area contributed by atoms with Gasteiger partial charge in [-0.3, -0.25) is 0 Å². The molecular weight excluding hydrogens is 264 g/mol. The fourth-order valence-corrected chi connectivity index (χ4v) is 2.72. The van der Waals surface area contributed by atoms with Crippen molar-refractivity contribution in [1.82, 2.24) is 10.2 Å². The Morgan fingerprint density at radius 3 is 2.61 bits per heavy atom. The molecule has 0 saturated heterocycles. The summed E-state index contributed by atoms with van der Waals surface area (Å²) in [6.45, 7) is 8.92. The minimum Gasteiger partial charge on any atom is -0.310 e. The van der Waals surface area contributed by atoms with Gasteiger partial charge in [-0.15, -0.1) is 11.3 Å². The molecule has 0 aromatic carbocycles. The Hall–Kier alpha value is -0.0900. The Morgan fingerprint density at radius 2 is 2.06 bits per heavy atom. The quantitative estimate of drug-likeness (QED) is 0.722. The summed E-state index contributed by atoms with van der Waals surface area (Å²) < 4.78 is 0.872. The van der Waals surface area contributed by atoms with Gasteiger partial charge in [-0.05, 0) is 70.8 Å². The fraction of sp³-hybridized carbons (Fsp3) is 0.714. The van der Waals surface area contributed by atoms with Crippen LogP contribution in [-0.2, 0) is 0 Å². The zero-order chi connectivity index (χ0) is 13.5. The second kappa shape index (κ2) is 8.16. The monoisotopic (exact) mass is 288 g/mol. The van der Waals surface area contributed by atoms with Gasteiger partial charge in [-0.2, -0.15) is 0 Å². The molecule has 4 heteroatoms. The summed E-state index contributed by atoms with van der Waals surface area (Å²) in [5, 5.41) is 5.68. The number of nitrogens with zero attached hydrogens (tertiary/aromatic N) is 1. The van der Waals surface area contributed by atoms with E-state index in [9.17, 15) is 0 Å². The molecule has 0 aliphatic heterocycles. The van der Waals surface area contributed by atoms with Gasteiger partial charge in [0.05, 0.1) is 4.34 Å². The Morgan fingerprint density at radius 1 is 1.33 bits per heavy atom. The Bertz CT molecular complexity index is 338. The highest BCUT2D eigenvalue weighted by Crippen LogP contribution is 2.24. The summed E-state index contributed by atoms with van der Waals surface area (Å²) in [5.41, 5.74) is 1.30. The Balaban J connectivity index is 2.11. The second-order valence-electron chi connectivity index (χ2n) is 5.14. The zero-order valence-corrected chi connectivity index (χ0v) is 13.4. The Labute approximate surface area is 120 Å². The van der Waals surface area contributed by atoms with Crippen LogP contribution in [0.2, 0.25) is 4.34 Å². The van der Waals surface area contributed by atoms with Crippen LogP contribution in [0.15, 0.2) is 11.4 Å². The first kappa shape index (κ1) is 16.0. The van der Waals surface area contributed by atoms with Crippen molar-refractivity contribution >= 4 is 22.9 Å². The fourth-order valence-electron chi connectivity index (χ4n) is 1.73. The van der Waals surface area contributed by atoms with Crippen molar-refractivity contribution in [2.24, 2.45) is 0 Å². The van der Waals surface area contributed by atoms with E-state index in [0.717, 1.165) is 10.9 Å². The predicted octanol–water partition coefficient (Wildman–Crippen LogP) is 4.17. The van der Waals surface area contributed by atoms with Crippen LogP contribution in [0.4, 0.5) is 0 Å². The molecule has 1 aromatic rings. The lowest BCUT2D eigenvalue weighted by Gasteiger charge is -2.21. The maximum absolute atomic E-state index is 5.94. The molecular formula is C14H25ClN2S. The summed E-state index contributed by atoms with van der Waals surface area (Å²) in [6.07, 6.45) is 2.47. The molecule has 0 bridgehead atoms. The van der Waals surface area contributed by atoms with Gasteiger partial charge < -0.3 is 10.2 Å². The lowest BCUT2D eigenvalue weighted by molar-refractivity contribution is 0.267. The van der Waals surface area contributed by atoms with E-state index in [-0.39, 0.29) is 0 Å². The van der Waals surface area contributed by atoms with Gasteiger partial charge in [-0.25, -0.2) is 0 Å². The number of hydrogen-bond acceptors (Lipinski definition) is 3. The highest BCUT2D eigenvalue weighted by atomic mass is 35.5. The number of halogens is 1. The maximum atomic E-state index is 5.94. The largest absolute Gasteiger partial charge is 0.310 e. The topological polar surface area (TPSA) is 15.3 Å². The molecule has 1 rings (SSSR count). The Kier molecular flexibility index (Phi) is 7.23. The summed E-state index contributed by atoms with van der Waals surface area (Å²) in [4.78, 5) is 2.39. The SMILES string of the molecule is CC(NCCCCN(C)C(C)C)c1csc(Cl)c1. The van der Waals surface area contributed by atoms with E-state index < -0.39 is 0 Å². The first-order valence-corrected chi connectivity index (χ1v) is 7.94. The molecule has 0 aliphatic rings. The molecule has 1 N–H and O–H groups in total. The molecule has 0 saturated carbocycles. The van der Waals surface area contributed by atoms with Crippen LogP contribution in [0.1, 0.15) is 45.2 Å². The van der Waals surface area contributed by atoms with E-state index in [4.69, 9.17) is 11.6 Å². The number of unbranched alkanes of at least 4 members (excludes halogenated alkanes) is 1. The molecule has 0 aliphatic carbocycles. The van der Waals surface area contributed by atoms with Gasteiger partial charge in [0.1, 0.15) is 0 Å². The van der Waals surface area contributed by atoms with Crippen LogP contribution >= 0.6 is 22.9 Å². The molecule has 2 nitrogen and oxygen atoms in total. The second-order valence-corrected chi connectivity index (χ2v) is 6.68. The van der Waals surface area contributed by atoms with Crippen LogP contribution in [-0.4, -0.2) is 31.1 Å². The molecule has 0 spiro atoms. The number of thiophene rings is 1. The summed E-state index contributed by atoms with van der Waals surface area (Å²) in [5.74, 6) is 0. The van der Waals surface area contributed by atoms with Crippen molar-refractivity contribution in [2.75, 3.05) is 20.1 Å². The van der Waals surface area contributed by atoms with Crippen LogP contribution in [0.5, 0.6) is 0 Å². The summed E-state index contributed by atoms with van der Waals surface area (Å²) in [6, 6.07) is 3.09. The lowest BCUT2D eigenvalue weighted by Crippen LogP contribution is -2.28. The molecule has 18 heavy (non-hydrogen) atoms. The van der Waals surface area contributed by atoms with E-state index >= 15 is 0 Å². The average Bonchev–Trinajstić information content (AvgIpc) is 2.74. The predicted molar refractivity (Wildman–Crippen MR) is 82.7 cm³/mol. The molecule has 1 unspecified atom stereocenters.